The van der Waals surface area contributed by atoms with E-state index < -0.39 is 26.5 Å². The van der Waals surface area contributed by atoms with Gasteiger partial charge in [-0.3, -0.25) is 14.2 Å². The number of rotatable bonds is 89. The number of quaternary nitrogens is 1. The first-order chi connectivity index (χ1) is 51.0. The number of carbonyl (C=O) groups excluding carboxylic acids is 2. The number of hydrogen-bond donors (Lipinski definition) is 0. The lowest BCUT2D eigenvalue weighted by Crippen LogP contribution is -2.37. The number of allylic oxidation sites excluding steroid dienone is 6. The lowest BCUT2D eigenvalue weighted by Gasteiger charge is -2.28. The molecule has 10 heteroatoms. The summed E-state index contributed by atoms with van der Waals surface area (Å²) in [4.78, 5) is 38.3. The van der Waals surface area contributed by atoms with Crippen LogP contribution in [0.3, 0.4) is 0 Å². The number of likely N-dealkylation sites (N-methyl/N-ethyl adjacent to an activating group) is 1. The maximum Gasteiger partial charge on any atom is 0.306 e. The minimum absolute atomic E-state index is 0.0263. The van der Waals surface area contributed by atoms with Crippen molar-refractivity contribution >= 4 is 19.8 Å². The maximum absolute atomic E-state index is 12.9. The standard InChI is InChI=1S/C94H182NO8P/c1-6-8-10-12-14-16-18-20-22-24-26-28-30-32-34-36-38-40-42-44-46-47-49-51-53-55-57-59-61-63-65-67-69-71-73-75-77-79-81-83-85-87-94(97)103-92(91-102-104(98,99)101-89-88-95(3,4)5)90-100-93(96)86-84-82-80-78-76-74-72-70-68-66-64-62-60-58-56-54-52-50-48-45-43-41-39-37-35-33-31-29-27-25-23-21-19-17-15-13-11-9-7-2/h18,20,24-27,92H,6-17,19,21-23,28-91H2,1-5H3/b20-18-,26-24-,27-25-. The summed E-state index contributed by atoms with van der Waals surface area (Å²) < 4.78 is 34.5. The van der Waals surface area contributed by atoms with Gasteiger partial charge in [-0.25, -0.2) is 0 Å². The molecule has 0 amide bonds. The van der Waals surface area contributed by atoms with Crippen LogP contribution in [0.2, 0.25) is 0 Å². The summed E-state index contributed by atoms with van der Waals surface area (Å²) in [5.74, 6) is -0.801. The topological polar surface area (TPSA) is 111 Å². The Morgan fingerprint density at radius 3 is 0.769 bits per heavy atom. The molecular weight excluding hydrogens is 1300 g/mol. The van der Waals surface area contributed by atoms with Crippen LogP contribution >= 0.6 is 7.82 Å². The SMILES string of the molecule is CCCCCCC/C=C\C/C=C\CCCCCCCCCCCCCCCCCCCCCCCCCCCCCCCC(=O)OC(COC(=O)CCCCCCCCCCCCCCCCCCCCCCCCCCCCC/C=C\CCCCCCCCCC)COP(=O)([O-])OCC[N+](C)(C)C. The van der Waals surface area contributed by atoms with Gasteiger partial charge in [-0.2, -0.15) is 0 Å². The van der Waals surface area contributed by atoms with Gasteiger partial charge in [-0.1, -0.05) is 455 Å². The number of ether oxygens (including phenoxy) is 2. The van der Waals surface area contributed by atoms with E-state index in [-0.39, 0.29) is 32.0 Å². The largest absolute Gasteiger partial charge is 0.756 e. The van der Waals surface area contributed by atoms with E-state index in [0.717, 1.165) is 38.5 Å². The molecule has 2 atom stereocenters. The van der Waals surface area contributed by atoms with Crippen molar-refractivity contribution in [1.82, 2.24) is 0 Å². The lowest BCUT2D eigenvalue weighted by atomic mass is 10.0. The third kappa shape index (κ3) is 89.1. The molecule has 0 aliphatic heterocycles. The second-order valence-electron chi connectivity index (χ2n) is 33.4. The lowest BCUT2D eigenvalue weighted by molar-refractivity contribution is -0.870. The highest BCUT2D eigenvalue weighted by Crippen LogP contribution is 2.38. The Hall–Kier alpha value is -1.77. The average Bonchev–Trinajstić information content (AvgIpc) is 0.920. The number of hydrogen-bond acceptors (Lipinski definition) is 8. The van der Waals surface area contributed by atoms with E-state index in [2.05, 4.69) is 50.3 Å². The zero-order valence-electron chi connectivity index (χ0n) is 70.8. The van der Waals surface area contributed by atoms with Crippen LogP contribution < -0.4 is 4.89 Å². The molecule has 0 heterocycles. The summed E-state index contributed by atoms with van der Waals surface area (Å²) in [6, 6.07) is 0. The molecule has 616 valence electrons. The first-order valence-corrected chi connectivity index (χ1v) is 48.2. The second kappa shape index (κ2) is 85.2. The molecule has 0 aromatic heterocycles. The summed E-state index contributed by atoms with van der Waals surface area (Å²) in [7, 11) is 1.20. The molecule has 0 saturated heterocycles. The van der Waals surface area contributed by atoms with Crippen molar-refractivity contribution in [3.05, 3.63) is 36.5 Å². The van der Waals surface area contributed by atoms with Gasteiger partial charge in [0.15, 0.2) is 6.10 Å². The van der Waals surface area contributed by atoms with E-state index in [1.165, 1.54) is 430 Å². The molecule has 9 nitrogen and oxygen atoms in total. The van der Waals surface area contributed by atoms with Crippen molar-refractivity contribution in [2.24, 2.45) is 0 Å². The molecular formula is C94H182NO8P. The van der Waals surface area contributed by atoms with Gasteiger partial charge in [0.25, 0.3) is 7.82 Å². The molecule has 0 N–H and O–H groups in total. The highest BCUT2D eigenvalue weighted by molar-refractivity contribution is 7.45. The molecule has 0 aromatic carbocycles. The summed E-state index contributed by atoms with van der Waals surface area (Å²) in [6.07, 6.45) is 113. The molecule has 0 saturated carbocycles. The van der Waals surface area contributed by atoms with Crippen LogP contribution in [0.15, 0.2) is 36.5 Å². The van der Waals surface area contributed by atoms with Crippen LogP contribution in [0.5, 0.6) is 0 Å². The number of phosphoric acid groups is 1. The highest BCUT2D eigenvalue weighted by Gasteiger charge is 2.22. The molecule has 104 heavy (non-hydrogen) atoms. The fourth-order valence-corrected chi connectivity index (χ4v) is 15.2. The zero-order valence-corrected chi connectivity index (χ0v) is 71.7. The van der Waals surface area contributed by atoms with Crippen LogP contribution in [0.25, 0.3) is 0 Å². The Labute approximate surface area is 650 Å². The van der Waals surface area contributed by atoms with E-state index in [9.17, 15) is 19.0 Å². The molecule has 0 aliphatic rings. The normalized spacial score (nSPS) is 13.0. The summed E-state index contributed by atoms with van der Waals surface area (Å²) in [6.45, 7) is 4.33. The zero-order chi connectivity index (χ0) is 75.4. The number of carbonyl (C=O) groups is 2. The van der Waals surface area contributed by atoms with Crippen molar-refractivity contribution in [3.63, 3.8) is 0 Å². The van der Waals surface area contributed by atoms with Crippen molar-refractivity contribution in [1.29, 1.82) is 0 Å². The van der Waals surface area contributed by atoms with Crippen LogP contribution in [0.1, 0.15) is 502 Å². The Bertz CT molecular complexity index is 1850. The minimum atomic E-state index is -4.65. The summed E-state index contributed by atoms with van der Waals surface area (Å²) in [5, 5.41) is 0. The van der Waals surface area contributed by atoms with E-state index in [1.807, 2.05) is 21.1 Å². The molecule has 0 aromatic rings. The van der Waals surface area contributed by atoms with Gasteiger partial charge in [-0.15, -0.1) is 0 Å². The third-order valence-electron chi connectivity index (χ3n) is 21.6. The van der Waals surface area contributed by atoms with Gasteiger partial charge in [0.2, 0.25) is 0 Å². The smallest absolute Gasteiger partial charge is 0.306 e. The molecule has 0 bridgehead atoms. The molecule has 0 spiro atoms. The number of phosphoric ester groups is 1. The van der Waals surface area contributed by atoms with Gasteiger partial charge in [0.05, 0.1) is 27.7 Å². The molecule has 2 unspecified atom stereocenters. The molecule has 0 fully saturated rings. The Balaban J connectivity index is 3.81. The van der Waals surface area contributed by atoms with Gasteiger partial charge >= 0.3 is 11.9 Å². The van der Waals surface area contributed by atoms with Crippen molar-refractivity contribution in [2.45, 2.75) is 508 Å². The fourth-order valence-electron chi connectivity index (χ4n) is 14.5. The number of esters is 2. The first-order valence-electron chi connectivity index (χ1n) is 46.7. The molecule has 0 rings (SSSR count). The monoisotopic (exact) mass is 1480 g/mol. The van der Waals surface area contributed by atoms with E-state index in [1.54, 1.807) is 0 Å². The molecule has 0 aliphatic carbocycles. The van der Waals surface area contributed by atoms with Gasteiger partial charge in [0.1, 0.15) is 19.8 Å². The van der Waals surface area contributed by atoms with Crippen molar-refractivity contribution in [3.8, 4) is 0 Å². The Morgan fingerprint density at radius 1 is 0.298 bits per heavy atom. The minimum Gasteiger partial charge on any atom is -0.756 e. The van der Waals surface area contributed by atoms with Crippen LogP contribution in [0.4, 0.5) is 0 Å². The average molecular weight is 1490 g/mol. The first kappa shape index (κ1) is 102. The molecule has 0 radical (unpaired) electrons. The fraction of sp³-hybridized carbons (Fsp3) is 0.915. The third-order valence-corrected chi connectivity index (χ3v) is 22.6. The van der Waals surface area contributed by atoms with E-state index in [4.69, 9.17) is 18.5 Å². The number of nitrogens with zero attached hydrogens (tertiary/aromatic N) is 1. The summed E-state index contributed by atoms with van der Waals surface area (Å²) >= 11 is 0. The maximum atomic E-state index is 12.9. The Kier molecular flexibility index (Phi) is 83.8. The van der Waals surface area contributed by atoms with Crippen LogP contribution in [-0.4, -0.2) is 70.0 Å². The van der Waals surface area contributed by atoms with Crippen LogP contribution in [-0.2, 0) is 32.7 Å². The second-order valence-corrected chi connectivity index (χ2v) is 34.8. The highest BCUT2D eigenvalue weighted by atomic mass is 31.2. The summed E-state index contributed by atoms with van der Waals surface area (Å²) in [5.41, 5.74) is 0. The van der Waals surface area contributed by atoms with Crippen molar-refractivity contribution in [2.75, 3.05) is 47.5 Å². The van der Waals surface area contributed by atoms with Gasteiger partial charge in [0, 0.05) is 12.8 Å². The predicted octanol–water partition coefficient (Wildman–Crippen LogP) is 31.0. The quantitative estimate of drug-likeness (QED) is 0.0195. The van der Waals surface area contributed by atoms with Crippen LogP contribution in [0, 0.1) is 0 Å². The van der Waals surface area contributed by atoms with Crippen molar-refractivity contribution < 1.29 is 42.1 Å². The van der Waals surface area contributed by atoms with E-state index in [0.29, 0.717) is 17.4 Å². The van der Waals surface area contributed by atoms with Gasteiger partial charge < -0.3 is 27.9 Å². The van der Waals surface area contributed by atoms with Gasteiger partial charge in [-0.05, 0) is 70.6 Å². The number of unbranched alkanes of at least 4 members (excludes halogenated alkanes) is 69. The Morgan fingerprint density at radius 2 is 0.519 bits per heavy atom. The predicted molar refractivity (Wildman–Crippen MR) is 453 cm³/mol. The van der Waals surface area contributed by atoms with E-state index >= 15 is 0 Å².